The van der Waals surface area contributed by atoms with Crippen molar-refractivity contribution in [3.8, 4) is 0 Å². The second-order valence-electron chi connectivity index (χ2n) is 12.3. The molecule has 2 saturated heterocycles. The van der Waals surface area contributed by atoms with E-state index in [2.05, 4.69) is 77.7 Å². The minimum atomic E-state index is -1.66. The molecule has 31 heavy (non-hydrogen) atoms. The maximum Gasteiger partial charge on any atom is 0.191 e. The Labute approximate surface area is 192 Å². The molecule has 0 amide bonds. The minimum Gasteiger partial charge on any atom is -0.417 e. The Balaban J connectivity index is 1.49. The van der Waals surface area contributed by atoms with Gasteiger partial charge in [0.1, 0.15) is 6.23 Å². The van der Waals surface area contributed by atoms with Crippen molar-refractivity contribution in [1.82, 2.24) is 4.90 Å². The molecule has 174 valence electrons. The average Bonchev–Trinajstić information content (AvgIpc) is 3.18. The molecule has 1 aliphatic carbocycles. The van der Waals surface area contributed by atoms with Gasteiger partial charge in [0.25, 0.3) is 0 Å². The number of piperidine rings is 1. The van der Waals surface area contributed by atoms with E-state index in [1.165, 1.54) is 30.4 Å². The number of fused-ring (bicyclic) bond motifs is 5. The van der Waals surface area contributed by atoms with Crippen LogP contribution in [-0.2, 0) is 15.6 Å². The van der Waals surface area contributed by atoms with Crippen molar-refractivity contribution >= 4 is 8.32 Å². The summed E-state index contributed by atoms with van der Waals surface area (Å²) in [6.07, 6.45) is 6.59. The van der Waals surface area contributed by atoms with Crippen molar-refractivity contribution in [2.75, 3.05) is 6.61 Å². The summed E-state index contributed by atoms with van der Waals surface area (Å²) in [6, 6.07) is 8.01. The lowest BCUT2D eigenvalue weighted by Crippen LogP contribution is -2.47. The maximum atomic E-state index is 6.71. The molecule has 2 heterocycles. The topological polar surface area (TPSA) is 21.7 Å². The summed E-state index contributed by atoms with van der Waals surface area (Å²) in [5.41, 5.74) is 4.66. The van der Waals surface area contributed by atoms with Crippen molar-refractivity contribution in [3.05, 3.63) is 34.9 Å². The molecule has 4 heteroatoms. The van der Waals surface area contributed by atoms with Gasteiger partial charge in [-0.1, -0.05) is 59.7 Å². The third kappa shape index (κ3) is 4.42. The van der Waals surface area contributed by atoms with Gasteiger partial charge in [-0.2, -0.15) is 0 Å². The van der Waals surface area contributed by atoms with Crippen LogP contribution in [0.25, 0.3) is 0 Å². The van der Waals surface area contributed by atoms with Gasteiger partial charge in [-0.05, 0) is 72.3 Å². The zero-order valence-corrected chi connectivity index (χ0v) is 22.2. The first-order valence-corrected chi connectivity index (χ1v) is 15.6. The van der Waals surface area contributed by atoms with Crippen LogP contribution in [0.3, 0.4) is 0 Å². The number of hydrogen-bond acceptors (Lipinski definition) is 3. The first kappa shape index (κ1) is 23.5. The average molecular weight is 444 g/mol. The molecular weight excluding hydrogens is 398 g/mol. The van der Waals surface area contributed by atoms with Gasteiger partial charge < -0.3 is 9.16 Å². The van der Waals surface area contributed by atoms with Gasteiger partial charge in [0.15, 0.2) is 8.32 Å². The number of rotatable bonds is 6. The molecule has 0 bridgehead atoms. The largest absolute Gasteiger partial charge is 0.417 e. The quantitative estimate of drug-likeness (QED) is 0.348. The summed E-state index contributed by atoms with van der Waals surface area (Å²) in [5.74, 6) is 1.30. The Kier molecular flexibility index (Phi) is 6.50. The Morgan fingerprint density at radius 1 is 1.19 bits per heavy atom. The Morgan fingerprint density at radius 2 is 1.94 bits per heavy atom. The second kappa shape index (κ2) is 8.59. The van der Waals surface area contributed by atoms with Crippen molar-refractivity contribution < 1.29 is 9.16 Å². The summed E-state index contributed by atoms with van der Waals surface area (Å²) in [4.78, 5) is 2.80. The molecule has 0 radical (unpaired) electrons. The predicted molar refractivity (Wildman–Crippen MR) is 132 cm³/mol. The number of ether oxygens (including phenoxy) is 1. The third-order valence-corrected chi connectivity index (χ3v) is 13.1. The molecular formula is C27H45NO2Si. The zero-order chi connectivity index (χ0) is 22.6. The van der Waals surface area contributed by atoms with Gasteiger partial charge in [0.2, 0.25) is 0 Å². The highest BCUT2D eigenvalue weighted by atomic mass is 28.4. The van der Waals surface area contributed by atoms with Crippen LogP contribution in [0.15, 0.2) is 18.2 Å². The molecule has 2 aliphatic heterocycles. The highest BCUT2D eigenvalue weighted by Gasteiger charge is 2.52. The molecule has 0 N–H and O–H groups in total. The van der Waals surface area contributed by atoms with Gasteiger partial charge in [0, 0.05) is 19.1 Å². The Morgan fingerprint density at radius 3 is 2.61 bits per heavy atom. The highest BCUT2D eigenvalue weighted by Crippen LogP contribution is 2.51. The fraction of sp³-hybridized carbons (Fsp3) is 0.778. The Bertz CT molecular complexity index is 784. The van der Waals surface area contributed by atoms with Crippen molar-refractivity contribution in [1.29, 1.82) is 0 Å². The minimum absolute atomic E-state index is 0.286. The normalized spacial score (nSPS) is 31.1. The van der Waals surface area contributed by atoms with E-state index in [9.17, 15) is 0 Å². The maximum absolute atomic E-state index is 6.71. The van der Waals surface area contributed by atoms with Crippen LogP contribution in [0.1, 0.15) is 95.9 Å². The predicted octanol–water partition coefficient (Wildman–Crippen LogP) is 7.03. The summed E-state index contributed by atoms with van der Waals surface area (Å²) >= 11 is 0. The molecule has 4 rings (SSSR count). The molecule has 0 spiro atoms. The van der Waals surface area contributed by atoms with Crippen LogP contribution < -0.4 is 0 Å². The number of hydrogen-bond donors (Lipinski definition) is 0. The van der Waals surface area contributed by atoms with Gasteiger partial charge in [0.05, 0.1) is 12.1 Å². The molecule has 1 aromatic carbocycles. The SMILES string of the molecule is CC(C)c1cccc2c1[C@H]1[C@@H](C2)O[C@@H]2C[C@@H](C)C[C@@H](CCCO[Si](C)(C)C(C)(C)C)N21. The van der Waals surface area contributed by atoms with Gasteiger partial charge in [-0.15, -0.1) is 0 Å². The molecule has 3 aliphatic rings. The first-order valence-electron chi connectivity index (χ1n) is 12.7. The van der Waals surface area contributed by atoms with Crippen LogP contribution >= 0.6 is 0 Å². The molecule has 5 atom stereocenters. The van der Waals surface area contributed by atoms with E-state index < -0.39 is 8.32 Å². The molecule has 0 saturated carbocycles. The van der Waals surface area contributed by atoms with Crippen LogP contribution in [0.2, 0.25) is 18.1 Å². The lowest BCUT2D eigenvalue weighted by atomic mass is 9.86. The van der Waals surface area contributed by atoms with E-state index in [1.807, 2.05) is 0 Å². The summed E-state index contributed by atoms with van der Waals surface area (Å²) < 4.78 is 13.2. The summed E-state index contributed by atoms with van der Waals surface area (Å²) in [5, 5.41) is 0.286. The summed E-state index contributed by atoms with van der Waals surface area (Å²) in [7, 11) is -1.66. The molecule has 0 aromatic heterocycles. The smallest absolute Gasteiger partial charge is 0.191 e. The van der Waals surface area contributed by atoms with Crippen LogP contribution in [0, 0.1) is 5.92 Å². The van der Waals surface area contributed by atoms with E-state index in [-0.39, 0.29) is 5.04 Å². The fourth-order valence-electron chi connectivity index (χ4n) is 5.90. The van der Waals surface area contributed by atoms with E-state index in [0.29, 0.717) is 30.3 Å². The van der Waals surface area contributed by atoms with E-state index in [1.54, 1.807) is 5.56 Å². The number of benzene rings is 1. The van der Waals surface area contributed by atoms with E-state index in [4.69, 9.17) is 9.16 Å². The standard InChI is InChI=1S/C27H45NO2Si/c1-18(2)22-13-9-11-20-17-23-26(25(20)22)28-21(15-19(3)16-24(28)30-23)12-10-14-29-31(7,8)27(4,5)6/h9,11,13,18-19,21,23-24,26H,10,12,14-17H2,1-8H3/t19-,21+,23+,24+,26+/m0/s1. The van der Waals surface area contributed by atoms with Gasteiger partial charge in [-0.25, -0.2) is 0 Å². The van der Waals surface area contributed by atoms with Crippen molar-refractivity contribution in [2.45, 2.75) is 122 Å². The monoisotopic (exact) mass is 443 g/mol. The lowest BCUT2D eigenvalue weighted by Gasteiger charge is -2.43. The second-order valence-corrected chi connectivity index (χ2v) is 17.1. The van der Waals surface area contributed by atoms with Gasteiger partial charge >= 0.3 is 0 Å². The first-order chi connectivity index (χ1) is 14.5. The van der Waals surface area contributed by atoms with E-state index in [0.717, 1.165) is 25.4 Å². The number of nitrogens with zero attached hydrogens (tertiary/aromatic N) is 1. The zero-order valence-electron chi connectivity index (χ0n) is 21.2. The molecule has 2 fully saturated rings. The summed E-state index contributed by atoms with van der Waals surface area (Å²) in [6.45, 7) is 19.7. The van der Waals surface area contributed by atoms with Gasteiger partial charge in [-0.3, -0.25) is 4.90 Å². The van der Waals surface area contributed by atoms with Crippen LogP contribution in [0.5, 0.6) is 0 Å². The fourth-order valence-corrected chi connectivity index (χ4v) is 6.99. The molecule has 3 nitrogen and oxygen atoms in total. The van der Waals surface area contributed by atoms with Crippen molar-refractivity contribution in [2.24, 2.45) is 5.92 Å². The highest BCUT2D eigenvalue weighted by molar-refractivity contribution is 6.74. The Hall–Kier alpha value is -0.683. The third-order valence-electron chi connectivity index (χ3n) is 8.56. The van der Waals surface area contributed by atoms with E-state index >= 15 is 0 Å². The van der Waals surface area contributed by atoms with Crippen LogP contribution in [-0.4, -0.2) is 38.2 Å². The van der Waals surface area contributed by atoms with Crippen LogP contribution in [0.4, 0.5) is 0 Å². The van der Waals surface area contributed by atoms with Crippen molar-refractivity contribution in [3.63, 3.8) is 0 Å². The molecule has 0 unspecified atom stereocenters. The lowest BCUT2D eigenvalue weighted by molar-refractivity contribution is -0.0602. The molecule has 1 aromatic rings.